The molecule has 3 aromatic heterocycles. The fourth-order valence-corrected chi connectivity index (χ4v) is 8.46. The van der Waals surface area contributed by atoms with E-state index in [0.29, 0.717) is 29.3 Å². The summed E-state index contributed by atoms with van der Waals surface area (Å²) in [6, 6.07) is 6.77. The van der Waals surface area contributed by atoms with Crippen molar-refractivity contribution in [3.05, 3.63) is 56.3 Å². The molecule has 0 bridgehead atoms. The molecule has 2 saturated heterocycles. The van der Waals surface area contributed by atoms with E-state index in [-0.39, 0.29) is 85.5 Å². The monoisotopic (exact) mass is 969 g/mol. The summed E-state index contributed by atoms with van der Waals surface area (Å²) in [5.41, 5.74) is 17.1. The molecule has 2 aliphatic rings. The minimum atomic E-state index is -3.98. The highest BCUT2D eigenvalue weighted by atomic mass is 35.5. The zero-order chi connectivity index (χ0) is 45.1. The first-order valence-corrected chi connectivity index (χ1v) is 22.5. The topological polar surface area (TPSA) is 335 Å². The number of nitrogens with two attached hydrogens (primary N) is 3. The van der Waals surface area contributed by atoms with E-state index in [4.69, 9.17) is 84.8 Å². The molecule has 9 N–H and O–H groups in total. The smallest absolute Gasteiger partial charge is 0.474 e. The highest BCUT2D eigenvalue weighted by Crippen LogP contribution is 2.49. The summed E-state index contributed by atoms with van der Waals surface area (Å²) in [6.45, 7) is -0.326. The number of H-pyrrole nitrogens is 2. The minimum absolute atomic E-state index is 0.0302. The van der Waals surface area contributed by atoms with Gasteiger partial charge in [0.25, 0.3) is 5.56 Å². The van der Waals surface area contributed by atoms with Crippen molar-refractivity contribution < 1.29 is 65.6 Å². The van der Waals surface area contributed by atoms with Crippen LogP contribution in [-0.4, -0.2) is 126 Å². The molecule has 0 radical (unpaired) electrons. The average molecular weight is 970 g/mol. The van der Waals surface area contributed by atoms with Crippen LogP contribution in [0.2, 0.25) is 5.02 Å². The second-order valence-electron chi connectivity index (χ2n) is 14.0. The number of anilines is 3. The standard InChI is InChI=1S/C33H48ClN10O16P3/c1-44(27-28(35)39-32(36)42-31(27)47,10-11-51-19-6-4-18(34)5-7-19)25-12-22(45)23(57-25)16-53-60-62-55-15-21(58-63(48,49-2)50-3)13-52-59-61-54-14-20-8-9-24(56-20)43-17-38-26-29(43)40-33(37)41-30(26)46/h4-7,17,20-25,45,61-62H,8-16H2,1-3H3,(H7-,35,36,37,39,40,41,42,46,47)/p+1/t20?,21?,22?,23-,24?,25-,44?/m1/s1. The van der Waals surface area contributed by atoms with Gasteiger partial charge >= 0.3 is 13.4 Å². The van der Waals surface area contributed by atoms with E-state index >= 15 is 0 Å². The first kappa shape index (κ1) is 49.0. The molecule has 348 valence electrons. The maximum atomic E-state index is 13.2. The Morgan fingerprint density at radius 2 is 1.70 bits per heavy atom. The van der Waals surface area contributed by atoms with E-state index in [9.17, 15) is 19.3 Å². The third kappa shape index (κ3) is 12.9. The lowest BCUT2D eigenvalue weighted by molar-refractivity contribution is -0.234. The Balaban J connectivity index is 0.925. The zero-order valence-electron chi connectivity index (χ0n) is 34.1. The molecule has 63 heavy (non-hydrogen) atoms. The number of hydrogen-bond donors (Lipinski definition) is 6. The van der Waals surface area contributed by atoms with Crippen molar-refractivity contribution in [1.29, 1.82) is 0 Å². The number of phosphoric ester groups is 1. The molecule has 0 aliphatic carbocycles. The predicted molar refractivity (Wildman–Crippen MR) is 227 cm³/mol. The molecule has 2 fully saturated rings. The van der Waals surface area contributed by atoms with E-state index in [1.54, 1.807) is 35.9 Å². The van der Waals surface area contributed by atoms with Crippen LogP contribution in [0.25, 0.3) is 11.2 Å². The zero-order valence-corrected chi connectivity index (χ0v) is 37.7. The number of likely N-dealkylation sites (N-methyl/N-ethyl adjacent to an activating group) is 1. The van der Waals surface area contributed by atoms with Crippen LogP contribution < -0.4 is 37.5 Å². The molecule has 4 aromatic rings. The number of rotatable bonds is 25. The van der Waals surface area contributed by atoms with Crippen molar-refractivity contribution in [2.45, 2.75) is 56.1 Å². The largest absolute Gasteiger partial charge is 0.488 e. The number of fused-ring (bicyclic) bond motifs is 1. The number of halogens is 1. The van der Waals surface area contributed by atoms with Gasteiger partial charge < -0.3 is 45.6 Å². The van der Waals surface area contributed by atoms with Crippen molar-refractivity contribution in [2.75, 3.05) is 78.0 Å². The number of nitrogen functional groups attached to an aromatic ring is 3. The summed E-state index contributed by atoms with van der Waals surface area (Å²) >= 11 is 5.99. The number of aliphatic hydroxyl groups excluding tert-OH is 1. The SMILES string of the molecule is COP(=O)(OC)OC(COOPOCC1CCC(n2cnc3c(=O)[nH]c(N)nc32)O1)COPOOC[C@H]1O[C@@H]([N+](C)(CCOc2ccc(Cl)cc2)c2c(N)nc(N)[nH]c2=O)CC1O. The number of quaternary nitrogens is 1. The summed E-state index contributed by atoms with van der Waals surface area (Å²) in [5.74, 6) is 0.250. The molecule has 30 heteroatoms. The Kier molecular flexibility index (Phi) is 17.6. The number of nitrogens with zero attached hydrogens (tertiary/aromatic N) is 5. The van der Waals surface area contributed by atoms with Gasteiger partial charge in [0.15, 0.2) is 35.1 Å². The van der Waals surface area contributed by atoms with Crippen LogP contribution in [0.1, 0.15) is 25.5 Å². The van der Waals surface area contributed by atoms with E-state index < -0.39 is 67.8 Å². The van der Waals surface area contributed by atoms with Crippen LogP contribution in [0.5, 0.6) is 5.75 Å². The first-order valence-electron chi connectivity index (χ1n) is 19.0. The molecule has 6 rings (SSSR count). The Labute approximate surface area is 367 Å². The number of aromatic amines is 2. The minimum Gasteiger partial charge on any atom is -0.488 e. The van der Waals surface area contributed by atoms with Gasteiger partial charge in [0.1, 0.15) is 50.6 Å². The van der Waals surface area contributed by atoms with Crippen LogP contribution in [-0.2, 0) is 55.8 Å². The van der Waals surface area contributed by atoms with Crippen molar-refractivity contribution in [3.63, 3.8) is 0 Å². The molecule has 0 saturated carbocycles. The molecule has 7 unspecified atom stereocenters. The molecule has 0 amide bonds. The van der Waals surface area contributed by atoms with Gasteiger partial charge in [-0.25, -0.2) is 19.3 Å². The fraction of sp³-hybridized carbons (Fsp3) is 0.545. The summed E-state index contributed by atoms with van der Waals surface area (Å²) < 4.78 is 68.9. The summed E-state index contributed by atoms with van der Waals surface area (Å²) in [7, 11) is -1.29. The maximum absolute atomic E-state index is 13.2. The summed E-state index contributed by atoms with van der Waals surface area (Å²) in [4.78, 5) is 53.0. The van der Waals surface area contributed by atoms with Gasteiger partial charge in [0, 0.05) is 19.2 Å². The molecule has 26 nitrogen and oxygen atoms in total. The number of hydrogen-bond acceptors (Lipinski definition) is 22. The van der Waals surface area contributed by atoms with E-state index in [1.165, 1.54) is 6.33 Å². The lowest BCUT2D eigenvalue weighted by atomic mass is 10.1. The third-order valence-electron chi connectivity index (χ3n) is 9.83. The number of phosphoric acid groups is 1. The second kappa shape index (κ2) is 22.6. The Morgan fingerprint density at radius 1 is 0.984 bits per heavy atom. The van der Waals surface area contributed by atoms with Gasteiger partial charge in [-0.15, -0.1) is 0 Å². The van der Waals surface area contributed by atoms with Gasteiger partial charge in [-0.05, 0) is 37.1 Å². The lowest BCUT2D eigenvalue weighted by Crippen LogP contribution is -2.58. The lowest BCUT2D eigenvalue weighted by Gasteiger charge is -2.38. The highest BCUT2D eigenvalue weighted by molar-refractivity contribution is 7.48. The average Bonchev–Trinajstić information content (AvgIpc) is 3.99. The third-order valence-corrected chi connectivity index (χ3v) is 12.5. The van der Waals surface area contributed by atoms with Crippen molar-refractivity contribution in [3.8, 4) is 5.75 Å². The van der Waals surface area contributed by atoms with Crippen molar-refractivity contribution in [2.24, 2.45) is 0 Å². The molecule has 0 spiro atoms. The van der Waals surface area contributed by atoms with E-state index in [2.05, 4.69) is 24.9 Å². The Morgan fingerprint density at radius 3 is 2.44 bits per heavy atom. The maximum Gasteiger partial charge on any atom is 0.474 e. The number of nitrogens with one attached hydrogen (secondary N) is 2. The van der Waals surface area contributed by atoms with E-state index in [0.717, 1.165) is 14.2 Å². The summed E-state index contributed by atoms with van der Waals surface area (Å²) in [5, 5.41) is 11.5. The van der Waals surface area contributed by atoms with Crippen LogP contribution in [0.3, 0.4) is 0 Å². The number of ether oxygens (including phenoxy) is 3. The molecule has 9 atom stereocenters. The highest BCUT2D eigenvalue weighted by Gasteiger charge is 2.49. The molecule has 2 aliphatic heterocycles. The normalized spacial score (nSPS) is 22.2. The molecule has 5 heterocycles. The van der Waals surface area contributed by atoms with Gasteiger partial charge in [-0.3, -0.25) is 42.2 Å². The summed E-state index contributed by atoms with van der Waals surface area (Å²) in [6.07, 6.45) is -1.68. The number of benzene rings is 1. The molecule has 1 aromatic carbocycles. The van der Waals surface area contributed by atoms with E-state index in [1.807, 2.05) is 0 Å². The number of aromatic nitrogens is 6. The fourth-order valence-electron chi connectivity index (χ4n) is 6.68. The van der Waals surface area contributed by atoms with Gasteiger partial charge in [0.05, 0.1) is 45.2 Å². The predicted octanol–water partition coefficient (Wildman–Crippen LogP) is 2.21. The van der Waals surface area contributed by atoms with Gasteiger partial charge in [-0.2, -0.15) is 19.3 Å². The Hall–Kier alpha value is -3.49. The van der Waals surface area contributed by atoms with Gasteiger partial charge in [-0.1, -0.05) is 11.6 Å². The van der Waals surface area contributed by atoms with Crippen LogP contribution >= 0.6 is 37.5 Å². The van der Waals surface area contributed by atoms with Crippen molar-refractivity contribution >= 4 is 72.1 Å². The van der Waals surface area contributed by atoms with Crippen LogP contribution in [0, 0.1) is 0 Å². The Bertz CT molecular complexity index is 2270. The first-order chi connectivity index (χ1) is 30.2. The molecular formula is C33H49ClN10O16P3+. The molecular weight excluding hydrogens is 921 g/mol. The van der Waals surface area contributed by atoms with Crippen molar-refractivity contribution in [1.82, 2.24) is 34.0 Å². The van der Waals surface area contributed by atoms with Crippen LogP contribution in [0.15, 0.2) is 40.2 Å². The number of aliphatic hydroxyl groups is 1. The van der Waals surface area contributed by atoms with Crippen LogP contribution in [0.4, 0.5) is 23.4 Å². The van der Waals surface area contributed by atoms with Gasteiger partial charge in [0.2, 0.25) is 23.8 Å². The quantitative estimate of drug-likeness (QED) is 0.0182. The second-order valence-corrected chi connectivity index (χ2v) is 17.6. The number of imidazole rings is 1.